The molecule has 3 aromatic rings. The Balaban J connectivity index is 1.99. The van der Waals surface area contributed by atoms with Crippen molar-refractivity contribution in [3.63, 3.8) is 0 Å². The number of nitrogens with zero attached hydrogens (tertiary/aromatic N) is 6. The van der Waals surface area contributed by atoms with E-state index in [0.717, 1.165) is 16.6 Å². The van der Waals surface area contributed by atoms with Gasteiger partial charge in [-0.3, -0.25) is 0 Å². The van der Waals surface area contributed by atoms with Crippen LogP contribution >= 0.6 is 0 Å². The number of aryl methyl sites for hydroxylation is 1. The highest BCUT2D eigenvalue weighted by Gasteiger charge is 2.03. The summed E-state index contributed by atoms with van der Waals surface area (Å²) in [6.07, 6.45) is 3.50. The first-order valence-electron chi connectivity index (χ1n) is 4.95. The molecule has 0 aliphatic heterocycles. The summed E-state index contributed by atoms with van der Waals surface area (Å²) in [5, 5.41) is 15.7. The van der Waals surface area contributed by atoms with Crippen molar-refractivity contribution in [3.8, 4) is 0 Å². The molecule has 0 amide bonds. The highest BCUT2D eigenvalue weighted by Crippen LogP contribution is 2.12. The minimum Gasteiger partial charge on any atom is -0.248 e. The van der Waals surface area contributed by atoms with Gasteiger partial charge in [-0.15, -0.1) is 10.2 Å². The fourth-order valence-corrected chi connectivity index (χ4v) is 1.69. The van der Waals surface area contributed by atoms with Crippen molar-refractivity contribution in [2.75, 3.05) is 0 Å². The monoisotopic (exact) mass is 214 g/mol. The maximum absolute atomic E-state index is 4.08. The van der Waals surface area contributed by atoms with E-state index < -0.39 is 0 Å². The molecule has 0 radical (unpaired) electrons. The molecular weight excluding hydrogens is 204 g/mol. The number of hydrogen-bond acceptors (Lipinski definition) is 4. The number of benzene rings is 1. The third-order valence-electron chi connectivity index (χ3n) is 2.49. The molecule has 0 saturated heterocycles. The summed E-state index contributed by atoms with van der Waals surface area (Å²) in [7, 11) is 1.88. The topological polar surface area (TPSA) is 61.4 Å². The molecule has 0 atom stereocenters. The largest absolute Gasteiger partial charge is 0.248 e. The molecule has 2 heterocycles. The van der Waals surface area contributed by atoms with Gasteiger partial charge in [-0.1, -0.05) is 16.5 Å². The quantitative estimate of drug-likeness (QED) is 0.627. The molecule has 6 heteroatoms. The minimum atomic E-state index is 0.701. The van der Waals surface area contributed by atoms with Gasteiger partial charge in [-0.2, -0.15) is 0 Å². The zero-order valence-corrected chi connectivity index (χ0v) is 8.78. The van der Waals surface area contributed by atoms with Crippen LogP contribution in [0.2, 0.25) is 0 Å². The summed E-state index contributed by atoms with van der Waals surface area (Å²) < 4.78 is 3.53. The van der Waals surface area contributed by atoms with Gasteiger partial charge in [0, 0.05) is 13.2 Å². The van der Waals surface area contributed by atoms with Crippen LogP contribution in [0.4, 0.5) is 0 Å². The van der Waals surface area contributed by atoms with Gasteiger partial charge in [-0.25, -0.2) is 9.36 Å². The molecule has 0 N–H and O–H groups in total. The maximum atomic E-state index is 4.08. The zero-order chi connectivity index (χ0) is 11.0. The number of rotatable bonds is 2. The summed E-state index contributed by atoms with van der Waals surface area (Å²) in [5.41, 5.74) is 3.07. The van der Waals surface area contributed by atoms with Crippen LogP contribution in [0, 0.1) is 0 Å². The van der Waals surface area contributed by atoms with E-state index >= 15 is 0 Å². The Hall–Kier alpha value is -2.24. The van der Waals surface area contributed by atoms with Crippen molar-refractivity contribution < 1.29 is 0 Å². The molecule has 0 spiro atoms. The van der Waals surface area contributed by atoms with E-state index in [0.29, 0.717) is 6.54 Å². The van der Waals surface area contributed by atoms with Crippen molar-refractivity contribution in [2.24, 2.45) is 7.05 Å². The molecule has 80 valence electrons. The predicted octanol–water partition coefficient (Wildman–Crippen LogP) is 0.608. The summed E-state index contributed by atoms with van der Waals surface area (Å²) in [6, 6.07) is 6.08. The Morgan fingerprint density at radius 2 is 2.19 bits per heavy atom. The lowest BCUT2D eigenvalue weighted by atomic mass is 10.2. The normalized spacial score (nSPS) is 11.1. The molecule has 0 unspecified atom stereocenters. The third kappa shape index (κ3) is 1.44. The molecule has 2 aromatic heterocycles. The summed E-state index contributed by atoms with van der Waals surface area (Å²) in [6.45, 7) is 0.701. The third-order valence-corrected chi connectivity index (χ3v) is 2.49. The fraction of sp³-hybridized carbons (Fsp3) is 0.200. The Morgan fingerprint density at radius 3 is 3.00 bits per heavy atom. The predicted molar refractivity (Wildman–Crippen MR) is 57.6 cm³/mol. The zero-order valence-electron chi connectivity index (χ0n) is 8.78. The summed E-state index contributed by atoms with van der Waals surface area (Å²) in [4.78, 5) is 0. The smallest absolute Gasteiger partial charge is 0.113 e. The number of hydrogen-bond donors (Lipinski definition) is 0. The molecule has 3 rings (SSSR count). The first kappa shape index (κ1) is 9.02. The van der Waals surface area contributed by atoms with E-state index in [9.17, 15) is 0 Å². The first-order valence-corrected chi connectivity index (χ1v) is 4.95. The van der Waals surface area contributed by atoms with Crippen molar-refractivity contribution in [1.29, 1.82) is 0 Å². The van der Waals surface area contributed by atoms with E-state index in [1.165, 1.54) is 0 Å². The van der Waals surface area contributed by atoms with Crippen LogP contribution in [-0.2, 0) is 13.6 Å². The Labute approximate surface area is 91.5 Å². The Kier molecular flexibility index (Phi) is 1.92. The van der Waals surface area contributed by atoms with Crippen LogP contribution in [0.3, 0.4) is 0 Å². The van der Waals surface area contributed by atoms with E-state index in [4.69, 9.17) is 0 Å². The lowest BCUT2D eigenvalue weighted by Gasteiger charge is -2.00. The summed E-state index contributed by atoms with van der Waals surface area (Å²) >= 11 is 0. The van der Waals surface area contributed by atoms with Crippen molar-refractivity contribution in [1.82, 2.24) is 30.0 Å². The molecule has 16 heavy (non-hydrogen) atoms. The average molecular weight is 214 g/mol. The van der Waals surface area contributed by atoms with Gasteiger partial charge in [0.05, 0.1) is 18.3 Å². The lowest BCUT2D eigenvalue weighted by molar-refractivity contribution is 0.650. The lowest BCUT2D eigenvalue weighted by Crippen LogP contribution is -2.00. The van der Waals surface area contributed by atoms with Gasteiger partial charge >= 0.3 is 0 Å². The maximum Gasteiger partial charge on any atom is 0.113 e. The molecular formula is C10H10N6. The van der Waals surface area contributed by atoms with Crippen LogP contribution in [0.5, 0.6) is 0 Å². The second-order valence-electron chi connectivity index (χ2n) is 3.64. The highest BCUT2D eigenvalue weighted by atomic mass is 15.4. The fourth-order valence-electron chi connectivity index (χ4n) is 1.69. The molecule has 1 aromatic carbocycles. The van der Waals surface area contributed by atoms with E-state index in [-0.39, 0.29) is 0 Å². The molecule has 0 saturated carbocycles. The SMILES string of the molecule is Cn1nnc2cc(Cn3ccnn3)ccc21. The van der Waals surface area contributed by atoms with Crippen molar-refractivity contribution >= 4 is 11.0 Å². The van der Waals surface area contributed by atoms with Gasteiger partial charge in [0.2, 0.25) is 0 Å². The van der Waals surface area contributed by atoms with Crippen LogP contribution in [-0.4, -0.2) is 30.0 Å². The Bertz CT molecular complexity index is 609. The second kappa shape index (κ2) is 3.41. The van der Waals surface area contributed by atoms with Crippen molar-refractivity contribution in [2.45, 2.75) is 6.54 Å². The van der Waals surface area contributed by atoms with Crippen LogP contribution in [0.1, 0.15) is 5.56 Å². The average Bonchev–Trinajstić information content (AvgIpc) is 2.90. The summed E-state index contributed by atoms with van der Waals surface area (Å²) in [5.74, 6) is 0. The molecule has 6 nitrogen and oxygen atoms in total. The second-order valence-corrected chi connectivity index (χ2v) is 3.64. The van der Waals surface area contributed by atoms with Gasteiger partial charge < -0.3 is 0 Å². The van der Waals surface area contributed by atoms with Crippen LogP contribution in [0.15, 0.2) is 30.6 Å². The van der Waals surface area contributed by atoms with E-state index in [1.54, 1.807) is 15.6 Å². The van der Waals surface area contributed by atoms with Gasteiger partial charge in [0.25, 0.3) is 0 Å². The van der Waals surface area contributed by atoms with Crippen molar-refractivity contribution in [3.05, 3.63) is 36.2 Å². The number of aromatic nitrogens is 6. The van der Waals surface area contributed by atoms with E-state index in [1.807, 2.05) is 31.4 Å². The highest BCUT2D eigenvalue weighted by molar-refractivity contribution is 5.74. The molecule has 0 bridgehead atoms. The van der Waals surface area contributed by atoms with E-state index in [2.05, 4.69) is 20.6 Å². The van der Waals surface area contributed by atoms with Gasteiger partial charge in [0.1, 0.15) is 5.52 Å². The minimum absolute atomic E-state index is 0.701. The first-order chi connectivity index (χ1) is 7.83. The molecule has 0 fully saturated rings. The molecule has 0 aliphatic rings. The number of fused-ring (bicyclic) bond motifs is 1. The van der Waals surface area contributed by atoms with Gasteiger partial charge in [0.15, 0.2) is 0 Å². The standard InChI is InChI=1S/C10H10N6/c1-15-10-3-2-8(6-9(10)12-14-15)7-16-5-4-11-13-16/h2-6H,7H2,1H3. The van der Waals surface area contributed by atoms with Gasteiger partial charge in [-0.05, 0) is 17.7 Å². The van der Waals surface area contributed by atoms with Crippen LogP contribution in [0.25, 0.3) is 11.0 Å². The Morgan fingerprint density at radius 1 is 1.25 bits per heavy atom. The van der Waals surface area contributed by atoms with Crippen LogP contribution < -0.4 is 0 Å². The molecule has 0 aliphatic carbocycles.